The van der Waals surface area contributed by atoms with E-state index in [1.165, 1.54) is 0 Å². The monoisotopic (exact) mass is 142 g/mol. The Kier molecular flexibility index (Phi) is 4.34. The molecule has 0 fully saturated rings. The van der Waals surface area contributed by atoms with Crippen LogP contribution in [0, 0.1) is 12.3 Å². The first-order valence-electron chi connectivity index (χ1n) is 2.93. The topological polar surface area (TPSA) is 46.5 Å². The van der Waals surface area contributed by atoms with Crippen LogP contribution in [0.15, 0.2) is 0 Å². The van der Waals surface area contributed by atoms with Gasteiger partial charge in [-0.25, -0.2) is 0 Å². The molecule has 3 heteroatoms. The predicted octanol–water partition coefficient (Wildman–Crippen LogP) is 0.499. The first-order valence-corrected chi connectivity index (χ1v) is 2.93. The highest BCUT2D eigenvalue weighted by atomic mass is 16.5. The van der Waals surface area contributed by atoms with E-state index < -0.39 is 5.97 Å². The number of carbonyl (C=O) groups is 1. The van der Waals surface area contributed by atoms with Crippen molar-refractivity contribution in [2.45, 2.75) is 19.4 Å². The molecule has 56 valence electrons. The van der Waals surface area contributed by atoms with Crippen molar-refractivity contribution in [2.75, 3.05) is 6.61 Å². The molecule has 0 rings (SSSR count). The van der Waals surface area contributed by atoms with Gasteiger partial charge in [0, 0.05) is 0 Å². The summed E-state index contributed by atoms with van der Waals surface area (Å²) < 4.78 is 4.88. The molecular weight excluding hydrogens is 132 g/mol. The molecule has 0 aliphatic rings. The first-order chi connectivity index (χ1) is 4.66. The number of carboxylic acid groups (broad SMARTS) is 1. The van der Waals surface area contributed by atoms with Crippen molar-refractivity contribution < 1.29 is 14.6 Å². The van der Waals surface area contributed by atoms with Gasteiger partial charge in [-0.15, -0.1) is 6.42 Å². The zero-order valence-corrected chi connectivity index (χ0v) is 5.83. The van der Waals surface area contributed by atoms with Crippen molar-refractivity contribution in [3.63, 3.8) is 0 Å². The molecular formula is C7H10O3. The van der Waals surface area contributed by atoms with Crippen LogP contribution in [0.3, 0.4) is 0 Å². The number of terminal acetylenes is 1. The zero-order chi connectivity index (χ0) is 7.98. The number of hydrogen-bond acceptors (Lipinski definition) is 2. The lowest BCUT2D eigenvalue weighted by atomic mass is 10.3. The van der Waals surface area contributed by atoms with Gasteiger partial charge in [0.15, 0.2) is 0 Å². The van der Waals surface area contributed by atoms with Crippen molar-refractivity contribution in [2.24, 2.45) is 0 Å². The maximum Gasteiger partial charge on any atom is 0.305 e. The third-order valence-electron chi connectivity index (χ3n) is 0.913. The molecule has 0 amide bonds. The van der Waals surface area contributed by atoms with Crippen LogP contribution in [0.1, 0.15) is 13.3 Å². The number of carboxylic acids is 1. The van der Waals surface area contributed by atoms with Crippen molar-refractivity contribution in [1.29, 1.82) is 0 Å². The minimum Gasteiger partial charge on any atom is -0.481 e. The number of aliphatic carboxylic acids is 1. The summed E-state index contributed by atoms with van der Waals surface area (Å²) in [5.41, 5.74) is 0. The van der Waals surface area contributed by atoms with Crippen LogP contribution >= 0.6 is 0 Å². The highest BCUT2D eigenvalue weighted by Crippen LogP contribution is 1.95. The molecule has 1 N–H and O–H groups in total. The maximum absolute atomic E-state index is 10.0. The Morgan fingerprint density at radius 1 is 1.90 bits per heavy atom. The van der Waals surface area contributed by atoms with E-state index >= 15 is 0 Å². The molecule has 1 atom stereocenters. The minimum absolute atomic E-state index is 0.00167. The van der Waals surface area contributed by atoms with Crippen molar-refractivity contribution in [3.8, 4) is 12.3 Å². The van der Waals surface area contributed by atoms with Gasteiger partial charge in [-0.1, -0.05) is 5.92 Å². The molecule has 10 heavy (non-hydrogen) atoms. The fourth-order valence-corrected chi connectivity index (χ4v) is 0.495. The summed E-state index contributed by atoms with van der Waals surface area (Å²) in [5, 5.41) is 8.25. The summed E-state index contributed by atoms with van der Waals surface area (Å²) in [4.78, 5) is 10.0. The lowest BCUT2D eigenvalue weighted by Gasteiger charge is -2.06. The van der Waals surface area contributed by atoms with E-state index in [0.717, 1.165) is 0 Å². The van der Waals surface area contributed by atoms with Crippen LogP contribution in [0.5, 0.6) is 0 Å². The summed E-state index contributed by atoms with van der Waals surface area (Å²) in [5.74, 6) is 1.39. The Morgan fingerprint density at radius 2 is 2.50 bits per heavy atom. The van der Waals surface area contributed by atoms with Gasteiger partial charge < -0.3 is 9.84 Å². The van der Waals surface area contributed by atoms with Crippen LogP contribution < -0.4 is 0 Å². The molecule has 0 aromatic heterocycles. The van der Waals surface area contributed by atoms with E-state index in [1.54, 1.807) is 6.92 Å². The molecule has 0 saturated heterocycles. The minimum atomic E-state index is -0.871. The Morgan fingerprint density at radius 3 is 2.90 bits per heavy atom. The molecule has 0 radical (unpaired) electrons. The summed E-state index contributed by atoms with van der Waals surface area (Å²) in [6.45, 7) is 1.85. The molecule has 0 aliphatic heterocycles. The zero-order valence-electron chi connectivity index (χ0n) is 5.83. The smallest absolute Gasteiger partial charge is 0.305 e. The molecule has 0 bridgehead atoms. The second-order valence-corrected chi connectivity index (χ2v) is 1.92. The maximum atomic E-state index is 10.0. The second-order valence-electron chi connectivity index (χ2n) is 1.92. The number of hydrogen-bond donors (Lipinski definition) is 1. The fraction of sp³-hybridized carbons (Fsp3) is 0.571. The molecule has 0 aromatic carbocycles. The van der Waals surface area contributed by atoms with Gasteiger partial charge in [-0.05, 0) is 6.92 Å². The molecule has 0 spiro atoms. The third kappa shape index (κ3) is 5.13. The van der Waals surface area contributed by atoms with Crippen molar-refractivity contribution in [1.82, 2.24) is 0 Å². The summed E-state index contributed by atoms with van der Waals surface area (Å²) in [7, 11) is 0. The van der Waals surface area contributed by atoms with Crippen LogP contribution in [0.2, 0.25) is 0 Å². The molecule has 1 unspecified atom stereocenters. The van der Waals surface area contributed by atoms with Gasteiger partial charge in [-0.2, -0.15) is 0 Å². The van der Waals surface area contributed by atoms with E-state index in [4.69, 9.17) is 16.3 Å². The van der Waals surface area contributed by atoms with Gasteiger partial charge in [0.2, 0.25) is 0 Å². The van der Waals surface area contributed by atoms with E-state index in [-0.39, 0.29) is 19.1 Å². The fourth-order valence-electron chi connectivity index (χ4n) is 0.495. The van der Waals surface area contributed by atoms with Crippen LogP contribution in [-0.2, 0) is 9.53 Å². The van der Waals surface area contributed by atoms with Crippen LogP contribution in [0.25, 0.3) is 0 Å². The average molecular weight is 142 g/mol. The van der Waals surface area contributed by atoms with Crippen LogP contribution in [-0.4, -0.2) is 23.8 Å². The number of ether oxygens (including phenoxy) is 1. The standard InChI is InChI=1S/C7H10O3/c1-3-4-10-6(2)5-7(8)9/h1,6H,4-5H2,2H3,(H,8,9). The van der Waals surface area contributed by atoms with Crippen molar-refractivity contribution >= 4 is 5.97 Å². The Labute approximate surface area is 60.0 Å². The highest BCUT2D eigenvalue weighted by molar-refractivity contribution is 5.67. The Hall–Kier alpha value is -1.01. The molecule has 0 heterocycles. The lowest BCUT2D eigenvalue weighted by molar-refractivity contribution is -0.139. The molecule has 0 aliphatic carbocycles. The summed E-state index contributed by atoms with van der Waals surface area (Å²) in [6, 6.07) is 0. The van der Waals surface area contributed by atoms with E-state index in [9.17, 15) is 4.79 Å². The first kappa shape index (κ1) is 8.99. The molecule has 3 nitrogen and oxygen atoms in total. The van der Waals surface area contributed by atoms with Gasteiger partial charge in [0.1, 0.15) is 6.61 Å². The third-order valence-corrected chi connectivity index (χ3v) is 0.913. The van der Waals surface area contributed by atoms with Gasteiger partial charge in [-0.3, -0.25) is 4.79 Å². The van der Waals surface area contributed by atoms with Gasteiger partial charge >= 0.3 is 5.97 Å². The van der Waals surface area contributed by atoms with E-state index in [2.05, 4.69) is 5.92 Å². The largest absolute Gasteiger partial charge is 0.481 e. The normalized spacial score (nSPS) is 12.0. The Bertz CT molecular complexity index is 145. The van der Waals surface area contributed by atoms with Gasteiger partial charge in [0.25, 0.3) is 0 Å². The number of rotatable bonds is 4. The average Bonchev–Trinajstić information content (AvgIpc) is 1.82. The summed E-state index contributed by atoms with van der Waals surface area (Å²) in [6.07, 6.45) is 4.59. The predicted molar refractivity (Wildman–Crippen MR) is 36.5 cm³/mol. The highest BCUT2D eigenvalue weighted by Gasteiger charge is 2.05. The van der Waals surface area contributed by atoms with Crippen LogP contribution in [0.4, 0.5) is 0 Å². The van der Waals surface area contributed by atoms with E-state index in [1.807, 2.05) is 0 Å². The lowest BCUT2D eigenvalue weighted by Crippen LogP contribution is -2.13. The van der Waals surface area contributed by atoms with Gasteiger partial charge in [0.05, 0.1) is 12.5 Å². The van der Waals surface area contributed by atoms with E-state index in [0.29, 0.717) is 0 Å². The molecule has 0 aromatic rings. The summed E-state index contributed by atoms with van der Waals surface area (Å²) >= 11 is 0. The Balaban J connectivity index is 3.36. The van der Waals surface area contributed by atoms with Crippen molar-refractivity contribution in [3.05, 3.63) is 0 Å². The quantitative estimate of drug-likeness (QED) is 0.581. The SMILES string of the molecule is C#CCOC(C)CC(=O)O. The molecule has 0 saturated carbocycles. The second kappa shape index (κ2) is 4.83.